The molecule has 0 unspecified atom stereocenters. The van der Waals surface area contributed by atoms with E-state index >= 15 is 0 Å². The molecular formula is C21H27FN4O3. The molecule has 1 amide bonds. The van der Waals surface area contributed by atoms with Crippen molar-refractivity contribution in [1.29, 1.82) is 0 Å². The molecule has 8 heteroatoms. The fourth-order valence-corrected chi connectivity index (χ4v) is 3.84. The number of likely N-dealkylation sites (N-methyl/N-ethyl adjacent to an activating group) is 1. The summed E-state index contributed by atoms with van der Waals surface area (Å²) in [7, 11) is 1.74. The number of carbonyl (C=O) groups is 1. The third-order valence-electron chi connectivity index (χ3n) is 5.45. The Bertz CT molecular complexity index is 955. The maximum absolute atomic E-state index is 13.8. The first-order valence-electron chi connectivity index (χ1n) is 9.93. The largest absolute Gasteiger partial charge is 0.345 e. The molecule has 2 aromatic rings. The number of benzene rings is 1. The monoisotopic (exact) mass is 402 g/mol. The number of likely N-dealkylation sites (tertiary alicyclic amines) is 1. The smallest absolute Gasteiger partial charge is 0.325 e. The number of aromatic amines is 2. The second-order valence-corrected chi connectivity index (χ2v) is 7.70. The van der Waals surface area contributed by atoms with Crippen molar-refractivity contribution in [2.75, 3.05) is 33.2 Å². The van der Waals surface area contributed by atoms with Gasteiger partial charge in [-0.15, -0.1) is 0 Å². The molecule has 1 aliphatic heterocycles. The molecule has 2 N–H and O–H groups in total. The van der Waals surface area contributed by atoms with E-state index in [1.165, 1.54) is 12.3 Å². The van der Waals surface area contributed by atoms with Gasteiger partial charge in [0, 0.05) is 38.4 Å². The first-order valence-corrected chi connectivity index (χ1v) is 9.93. The van der Waals surface area contributed by atoms with E-state index in [9.17, 15) is 18.8 Å². The highest BCUT2D eigenvalue weighted by Crippen LogP contribution is 2.18. The molecule has 0 saturated carbocycles. The van der Waals surface area contributed by atoms with Gasteiger partial charge in [-0.2, -0.15) is 0 Å². The Morgan fingerprint density at radius 3 is 2.83 bits per heavy atom. The van der Waals surface area contributed by atoms with Gasteiger partial charge < -0.3 is 14.8 Å². The van der Waals surface area contributed by atoms with Crippen LogP contribution in [0.25, 0.3) is 0 Å². The summed E-state index contributed by atoms with van der Waals surface area (Å²) in [6.07, 6.45) is 3.99. The minimum atomic E-state index is -0.586. The summed E-state index contributed by atoms with van der Waals surface area (Å²) >= 11 is 0. The summed E-state index contributed by atoms with van der Waals surface area (Å²) < 4.78 is 13.8. The van der Waals surface area contributed by atoms with E-state index in [-0.39, 0.29) is 23.7 Å². The highest BCUT2D eigenvalue weighted by atomic mass is 19.1. The standard InChI is InChI=1S/C21H27FN4O3/c1-25(19(27)11-17-12-23-21(29)24-20(17)28)13-15-5-4-9-26(14-15)10-8-16-6-2-3-7-18(16)22/h2-3,6-7,12,15H,4-5,8-11,13-14H2,1H3,(H2,23,24,28,29)/t15-/m1/s1. The molecule has 1 aliphatic rings. The molecule has 7 nitrogen and oxygen atoms in total. The van der Waals surface area contributed by atoms with Crippen molar-refractivity contribution in [1.82, 2.24) is 19.8 Å². The van der Waals surface area contributed by atoms with Crippen LogP contribution in [-0.4, -0.2) is 58.9 Å². The summed E-state index contributed by atoms with van der Waals surface area (Å²) in [5, 5.41) is 0. The Morgan fingerprint density at radius 1 is 1.28 bits per heavy atom. The van der Waals surface area contributed by atoms with Crippen LogP contribution in [0.15, 0.2) is 40.1 Å². The van der Waals surface area contributed by atoms with Crippen LogP contribution in [0, 0.1) is 11.7 Å². The van der Waals surface area contributed by atoms with Gasteiger partial charge in [-0.05, 0) is 43.4 Å². The number of carbonyl (C=O) groups excluding carboxylic acids is 1. The number of rotatable bonds is 7. The summed E-state index contributed by atoms with van der Waals surface area (Å²) in [6.45, 7) is 3.25. The van der Waals surface area contributed by atoms with E-state index in [2.05, 4.69) is 14.9 Å². The van der Waals surface area contributed by atoms with Crippen molar-refractivity contribution in [2.45, 2.75) is 25.7 Å². The lowest BCUT2D eigenvalue weighted by Crippen LogP contribution is -2.43. The zero-order valence-corrected chi connectivity index (χ0v) is 16.6. The Morgan fingerprint density at radius 2 is 2.07 bits per heavy atom. The van der Waals surface area contributed by atoms with Gasteiger partial charge in [0.2, 0.25) is 5.91 Å². The number of piperidine rings is 1. The Balaban J connectivity index is 1.50. The molecule has 0 spiro atoms. The number of hydrogen-bond donors (Lipinski definition) is 2. The minimum Gasteiger partial charge on any atom is -0.345 e. The number of H-pyrrole nitrogens is 2. The molecular weight excluding hydrogens is 375 g/mol. The molecule has 0 aliphatic carbocycles. The summed E-state index contributed by atoms with van der Waals surface area (Å²) in [5.74, 6) is 0.0156. The molecule has 1 aromatic heterocycles. The highest BCUT2D eigenvalue weighted by molar-refractivity contribution is 5.78. The molecule has 0 radical (unpaired) electrons. The molecule has 0 bridgehead atoms. The van der Waals surface area contributed by atoms with E-state index in [1.807, 2.05) is 12.1 Å². The zero-order chi connectivity index (χ0) is 20.8. The van der Waals surface area contributed by atoms with Gasteiger partial charge >= 0.3 is 5.69 Å². The normalized spacial score (nSPS) is 17.2. The van der Waals surface area contributed by atoms with Gasteiger partial charge in [0.1, 0.15) is 5.82 Å². The van der Waals surface area contributed by atoms with E-state index in [0.717, 1.165) is 38.0 Å². The number of aromatic nitrogens is 2. The lowest BCUT2D eigenvalue weighted by Gasteiger charge is -2.34. The molecule has 156 valence electrons. The van der Waals surface area contributed by atoms with Crippen molar-refractivity contribution in [3.63, 3.8) is 0 Å². The predicted molar refractivity (Wildman–Crippen MR) is 108 cm³/mol. The van der Waals surface area contributed by atoms with Crippen LogP contribution >= 0.6 is 0 Å². The van der Waals surface area contributed by atoms with E-state index in [0.29, 0.717) is 18.9 Å². The first-order chi connectivity index (χ1) is 13.9. The van der Waals surface area contributed by atoms with Crippen LogP contribution in [0.1, 0.15) is 24.0 Å². The van der Waals surface area contributed by atoms with E-state index in [1.54, 1.807) is 18.0 Å². The van der Waals surface area contributed by atoms with Gasteiger partial charge in [0.25, 0.3) is 5.56 Å². The molecule has 3 rings (SSSR count). The van der Waals surface area contributed by atoms with Crippen molar-refractivity contribution in [3.05, 3.63) is 68.2 Å². The maximum atomic E-state index is 13.8. The predicted octanol–water partition coefficient (Wildman–Crippen LogP) is 1.16. The number of hydrogen-bond acceptors (Lipinski definition) is 4. The van der Waals surface area contributed by atoms with Crippen LogP contribution in [-0.2, 0) is 17.6 Å². The van der Waals surface area contributed by atoms with Gasteiger partial charge in [-0.3, -0.25) is 14.6 Å². The molecule has 1 aromatic carbocycles. The summed E-state index contributed by atoms with van der Waals surface area (Å²) in [5.41, 5.74) is -0.144. The third-order valence-corrected chi connectivity index (χ3v) is 5.45. The zero-order valence-electron chi connectivity index (χ0n) is 16.6. The Kier molecular flexibility index (Phi) is 6.98. The number of nitrogens with one attached hydrogen (secondary N) is 2. The van der Waals surface area contributed by atoms with Gasteiger partial charge in [0.15, 0.2) is 0 Å². The average Bonchev–Trinajstić information content (AvgIpc) is 2.69. The van der Waals surface area contributed by atoms with Crippen LogP contribution in [0.3, 0.4) is 0 Å². The lowest BCUT2D eigenvalue weighted by molar-refractivity contribution is -0.130. The highest BCUT2D eigenvalue weighted by Gasteiger charge is 2.23. The fraction of sp³-hybridized carbons (Fsp3) is 0.476. The van der Waals surface area contributed by atoms with Crippen LogP contribution in [0.2, 0.25) is 0 Å². The second-order valence-electron chi connectivity index (χ2n) is 7.70. The van der Waals surface area contributed by atoms with Crippen molar-refractivity contribution >= 4 is 5.91 Å². The number of nitrogens with zero attached hydrogens (tertiary/aromatic N) is 2. The van der Waals surface area contributed by atoms with E-state index in [4.69, 9.17) is 0 Å². The van der Waals surface area contributed by atoms with Crippen LogP contribution < -0.4 is 11.2 Å². The molecule has 1 atom stereocenters. The SMILES string of the molecule is CN(C[C@H]1CCCN(CCc2ccccc2F)C1)C(=O)Cc1c[nH]c(=O)[nH]c1=O. The summed E-state index contributed by atoms with van der Waals surface area (Å²) in [6, 6.07) is 6.86. The van der Waals surface area contributed by atoms with Gasteiger partial charge in [-0.25, -0.2) is 9.18 Å². The third kappa shape index (κ3) is 5.87. The van der Waals surface area contributed by atoms with Crippen molar-refractivity contribution in [3.8, 4) is 0 Å². The number of amides is 1. The second kappa shape index (κ2) is 9.65. The van der Waals surface area contributed by atoms with E-state index < -0.39 is 11.2 Å². The summed E-state index contributed by atoms with van der Waals surface area (Å²) in [4.78, 5) is 43.8. The molecule has 1 saturated heterocycles. The maximum Gasteiger partial charge on any atom is 0.325 e. The quantitative estimate of drug-likeness (QED) is 0.727. The molecule has 1 fully saturated rings. The molecule has 2 heterocycles. The topological polar surface area (TPSA) is 89.3 Å². The Labute approximate surface area is 168 Å². The fourth-order valence-electron chi connectivity index (χ4n) is 3.84. The van der Waals surface area contributed by atoms with Gasteiger partial charge in [-0.1, -0.05) is 18.2 Å². The van der Waals surface area contributed by atoms with Crippen molar-refractivity contribution in [2.24, 2.45) is 5.92 Å². The lowest BCUT2D eigenvalue weighted by atomic mass is 9.97. The number of halogens is 1. The van der Waals surface area contributed by atoms with Crippen molar-refractivity contribution < 1.29 is 9.18 Å². The average molecular weight is 402 g/mol. The van der Waals surface area contributed by atoms with Gasteiger partial charge in [0.05, 0.1) is 6.42 Å². The minimum absolute atomic E-state index is 0.0493. The van der Waals surface area contributed by atoms with Crippen LogP contribution in [0.5, 0.6) is 0 Å². The van der Waals surface area contributed by atoms with Crippen LogP contribution in [0.4, 0.5) is 4.39 Å². The first kappa shape index (κ1) is 21.0. The Hall–Kier alpha value is -2.74. The molecule has 29 heavy (non-hydrogen) atoms.